The van der Waals surface area contributed by atoms with E-state index in [0.717, 1.165) is 16.9 Å². The maximum absolute atomic E-state index is 14.4. The summed E-state index contributed by atoms with van der Waals surface area (Å²) in [4.78, 5) is 16.8. The fraction of sp³-hybridized carbons (Fsp3) is 0.333. The number of Topliss-reactive ketones (excluding diaryl/α,β-unsaturated/α-hetero) is 1. The third kappa shape index (κ3) is 4.07. The van der Waals surface area contributed by atoms with Crippen molar-refractivity contribution in [3.63, 3.8) is 0 Å². The van der Waals surface area contributed by atoms with E-state index < -0.39 is 5.54 Å². The van der Waals surface area contributed by atoms with Gasteiger partial charge >= 0.3 is 0 Å². The Balaban J connectivity index is 0.00000225. The van der Waals surface area contributed by atoms with Gasteiger partial charge in [0.05, 0.1) is 11.8 Å². The molecule has 4 nitrogen and oxygen atoms in total. The van der Waals surface area contributed by atoms with Gasteiger partial charge in [0.25, 0.3) is 0 Å². The molecular formula is C18H20ClFN2O2S. The van der Waals surface area contributed by atoms with Crippen molar-refractivity contribution >= 4 is 35.1 Å². The van der Waals surface area contributed by atoms with Crippen LogP contribution in [-0.4, -0.2) is 16.7 Å². The van der Waals surface area contributed by atoms with Gasteiger partial charge in [-0.05, 0) is 49.6 Å². The quantitative estimate of drug-likeness (QED) is 0.803. The standard InChI is InChI=1S/C18H19FN2O2S.ClH/c1-11-5-7-23-16(11)15(22)10-12-3-4-14(19)13(9-12)18(2)6-8-24-17(20)21-18;/h3-5,7,9H,6,8,10H2,1-2H3,(H2,20,21);1H/t18-;/m0./s1. The van der Waals surface area contributed by atoms with Crippen LogP contribution in [0.25, 0.3) is 0 Å². The van der Waals surface area contributed by atoms with Crippen LogP contribution in [0.2, 0.25) is 0 Å². The van der Waals surface area contributed by atoms with E-state index in [-0.39, 0.29) is 30.4 Å². The molecule has 0 radical (unpaired) electrons. The molecule has 0 saturated carbocycles. The summed E-state index contributed by atoms with van der Waals surface area (Å²) >= 11 is 1.47. The van der Waals surface area contributed by atoms with Gasteiger partial charge in [-0.25, -0.2) is 4.39 Å². The van der Waals surface area contributed by atoms with E-state index in [2.05, 4.69) is 4.99 Å². The number of rotatable bonds is 4. The molecule has 134 valence electrons. The third-order valence-electron chi connectivity index (χ3n) is 4.29. The first-order valence-corrected chi connectivity index (χ1v) is 8.72. The van der Waals surface area contributed by atoms with Gasteiger partial charge in [-0.1, -0.05) is 17.8 Å². The number of carbonyl (C=O) groups excluding carboxylic acids is 1. The fourth-order valence-corrected chi connectivity index (χ4v) is 3.87. The maximum Gasteiger partial charge on any atom is 0.202 e. The summed E-state index contributed by atoms with van der Waals surface area (Å²) < 4.78 is 19.6. The van der Waals surface area contributed by atoms with E-state index in [1.807, 2.05) is 13.8 Å². The zero-order chi connectivity index (χ0) is 17.3. The Hall–Kier alpha value is -1.79. The first-order chi connectivity index (χ1) is 11.4. The van der Waals surface area contributed by atoms with Crippen LogP contribution in [-0.2, 0) is 12.0 Å². The minimum absolute atomic E-state index is 0. The lowest BCUT2D eigenvalue weighted by Gasteiger charge is -2.30. The lowest BCUT2D eigenvalue weighted by molar-refractivity contribution is 0.0965. The molecule has 0 fully saturated rings. The topological polar surface area (TPSA) is 68.6 Å². The second-order valence-corrected chi connectivity index (χ2v) is 7.28. The molecule has 25 heavy (non-hydrogen) atoms. The number of thioether (sulfide) groups is 1. The molecule has 2 aromatic rings. The van der Waals surface area contributed by atoms with E-state index in [9.17, 15) is 9.18 Å². The molecule has 0 spiro atoms. The SMILES string of the molecule is Cc1ccoc1C(=O)Cc1ccc(F)c([C@]2(C)CCSC(N)=N2)c1.Cl. The van der Waals surface area contributed by atoms with E-state index in [1.54, 1.807) is 18.2 Å². The van der Waals surface area contributed by atoms with E-state index in [4.69, 9.17) is 10.2 Å². The third-order valence-corrected chi connectivity index (χ3v) is 5.08. The number of amidine groups is 1. The van der Waals surface area contributed by atoms with Gasteiger partial charge in [-0.15, -0.1) is 12.4 Å². The van der Waals surface area contributed by atoms with Crippen LogP contribution in [0.15, 0.2) is 39.9 Å². The Labute approximate surface area is 156 Å². The van der Waals surface area contributed by atoms with Crippen LogP contribution in [0.4, 0.5) is 4.39 Å². The first-order valence-electron chi connectivity index (χ1n) is 7.73. The number of nitrogens with zero attached hydrogens (tertiary/aromatic N) is 1. The summed E-state index contributed by atoms with van der Waals surface area (Å²) in [5.41, 5.74) is 7.14. The van der Waals surface area contributed by atoms with Crippen LogP contribution in [0.3, 0.4) is 0 Å². The van der Waals surface area contributed by atoms with E-state index in [1.165, 1.54) is 24.1 Å². The highest BCUT2D eigenvalue weighted by molar-refractivity contribution is 8.13. The van der Waals surface area contributed by atoms with Crippen molar-refractivity contribution < 1.29 is 13.6 Å². The fourth-order valence-electron chi connectivity index (χ4n) is 2.90. The predicted molar refractivity (Wildman–Crippen MR) is 101 cm³/mol. The summed E-state index contributed by atoms with van der Waals surface area (Å²) in [6, 6.07) is 6.49. The summed E-state index contributed by atoms with van der Waals surface area (Å²) in [6.45, 7) is 3.70. The summed E-state index contributed by atoms with van der Waals surface area (Å²) in [7, 11) is 0. The molecule has 0 aliphatic carbocycles. The summed E-state index contributed by atoms with van der Waals surface area (Å²) in [6.07, 6.45) is 2.35. The number of aliphatic imine (C=N–C) groups is 1. The highest BCUT2D eigenvalue weighted by Crippen LogP contribution is 2.36. The zero-order valence-corrected chi connectivity index (χ0v) is 15.7. The number of ketones is 1. The lowest BCUT2D eigenvalue weighted by atomic mass is 9.87. The Bertz CT molecular complexity index is 821. The second kappa shape index (κ2) is 7.62. The molecule has 7 heteroatoms. The van der Waals surface area contributed by atoms with Crippen LogP contribution >= 0.6 is 24.2 Å². The van der Waals surface area contributed by atoms with Crippen LogP contribution in [0.1, 0.15) is 40.6 Å². The van der Waals surface area contributed by atoms with Gasteiger partial charge < -0.3 is 10.2 Å². The highest BCUT2D eigenvalue weighted by atomic mass is 35.5. The Kier molecular flexibility index (Phi) is 5.95. The number of hydrogen-bond donors (Lipinski definition) is 1. The maximum atomic E-state index is 14.4. The van der Waals surface area contributed by atoms with E-state index >= 15 is 0 Å². The summed E-state index contributed by atoms with van der Waals surface area (Å²) in [5, 5.41) is 0.468. The van der Waals surface area contributed by atoms with Gasteiger partial charge in [-0.3, -0.25) is 9.79 Å². The highest BCUT2D eigenvalue weighted by Gasteiger charge is 2.32. The number of hydrogen-bond acceptors (Lipinski definition) is 5. The van der Waals surface area contributed by atoms with Crippen molar-refractivity contribution in [2.75, 3.05) is 5.75 Å². The summed E-state index contributed by atoms with van der Waals surface area (Å²) in [5.74, 6) is 0.692. The Morgan fingerprint density at radius 3 is 2.84 bits per heavy atom. The van der Waals surface area contributed by atoms with Crippen LogP contribution < -0.4 is 5.73 Å². The van der Waals surface area contributed by atoms with Crippen LogP contribution in [0.5, 0.6) is 0 Å². The lowest BCUT2D eigenvalue weighted by Crippen LogP contribution is -2.29. The van der Waals surface area contributed by atoms with Crippen molar-refractivity contribution in [3.05, 3.63) is 58.8 Å². The molecule has 1 aliphatic heterocycles. The molecule has 2 N–H and O–H groups in total. The number of furan rings is 1. The van der Waals surface area contributed by atoms with Gasteiger partial charge in [0, 0.05) is 17.7 Å². The van der Waals surface area contributed by atoms with Gasteiger partial charge in [0.2, 0.25) is 5.78 Å². The van der Waals surface area contributed by atoms with Crippen LogP contribution in [0, 0.1) is 12.7 Å². The normalized spacial score (nSPS) is 19.9. The molecular weight excluding hydrogens is 363 g/mol. The average molecular weight is 383 g/mol. The number of aryl methyl sites for hydroxylation is 1. The van der Waals surface area contributed by atoms with Gasteiger partial charge in [0.15, 0.2) is 10.9 Å². The van der Waals surface area contributed by atoms with Crippen molar-refractivity contribution in [2.45, 2.75) is 32.2 Å². The predicted octanol–water partition coefficient (Wildman–Crippen LogP) is 4.24. The number of halogens is 2. The number of carbonyl (C=O) groups is 1. The van der Waals surface area contributed by atoms with Gasteiger partial charge in [0.1, 0.15) is 5.82 Å². The molecule has 0 amide bonds. The molecule has 2 heterocycles. The zero-order valence-electron chi connectivity index (χ0n) is 14.0. The first kappa shape index (κ1) is 19.5. The van der Waals surface area contributed by atoms with E-state index in [0.29, 0.717) is 22.9 Å². The molecule has 0 bridgehead atoms. The van der Waals surface area contributed by atoms with Crippen molar-refractivity contribution in [1.29, 1.82) is 0 Å². The minimum Gasteiger partial charge on any atom is -0.461 e. The minimum atomic E-state index is -0.695. The number of nitrogens with two attached hydrogens (primary N) is 1. The average Bonchev–Trinajstić information content (AvgIpc) is 2.95. The smallest absolute Gasteiger partial charge is 0.202 e. The van der Waals surface area contributed by atoms with Gasteiger partial charge in [-0.2, -0.15) is 0 Å². The Morgan fingerprint density at radius 1 is 1.44 bits per heavy atom. The Morgan fingerprint density at radius 2 is 2.20 bits per heavy atom. The molecule has 1 aliphatic rings. The van der Waals surface area contributed by atoms with Crippen molar-refractivity contribution in [1.82, 2.24) is 0 Å². The van der Waals surface area contributed by atoms with Crippen molar-refractivity contribution in [3.8, 4) is 0 Å². The monoisotopic (exact) mass is 382 g/mol. The number of benzene rings is 1. The molecule has 3 rings (SSSR count). The molecule has 1 aromatic carbocycles. The van der Waals surface area contributed by atoms with Crippen molar-refractivity contribution in [2.24, 2.45) is 10.7 Å². The molecule has 1 aromatic heterocycles. The second-order valence-electron chi connectivity index (χ2n) is 6.17. The molecule has 0 saturated heterocycles. The largest absolute Gasteiger partial charge is 0.461 e. The molecule has 0 unspecified atom stereocenters. The molecule has 1 atom stereocenters.